The summed E-state index contributed by atoms with van der Waals surface area (Å²) in [5, 5.41) is 8.97. The van der Waals surface area contributed by atoms with Gasteiger partial charge in [-0.2, -0.15) is 4.90 Å². The molecular weight excluding hydrogens is 562 g/mol. The fraction of sp³-hybridized carbons (Fsp3) is 0.424. The third-order valence-electron chi connectivity index (χ3n) is 9.14. The number of azo groups is 1. The molecule has 0 bridgehead atoms. The number of ether oxygens (including phenoxy) is 1. The minimum absolute atomic E-state index is 0.0162. The lowest BCUT2D eigenvalue weighted by Gasteiger charge is -2.29. The van der Waals surface area contributed by atoms with E-state index in [0.717, 1.165) is 71.3 Å². The maximum Gasteiger partial charge on any atom is 0.423 e. The van der Waals surface area contributed by atoms with Crippen LogP contribution in [0.15, 0.2) is 62.3 Å². The molecule has 3 aliphatic rings. The van der Waals surface area contributed by atoms with Crippen molar-refractivity contribution in [3.05, 3.63) is 80.1 Å². The van der Waals surface area contributed by atoms with Gasteiger partial charge < -0.3 is 4.74 Å². The van der Waals surface area contributed by atoms with Crippen molar-refractivity contribution >= 4 is 29.3 Å². The molecule has 11 heteroatoms. The molecule has 2 aromatic carbocycles. The number of amides is 3. The van der Waals surface area contributed by atoms with Crippen molar-refractivity contribution in [2.45, 2.75) is 83.2 Å². The third kappa shape index (κ3) is 4.99. The van der Waals surface area contributed by atoms with E-state index in [4.69, 9.17) is 0 Å². The highest BCUT2D eigenvalue weighted by Gasteiger charge is 2.43. The van der Waals surface area contributed by atoms with Gasteiger partial charge in [-0.25, -0.2) is 9.59 Å². The quantitative estimate of drug-likeness (QED) is 0.235. The summed E-state index contributed by atoms with van der Waals surface area (Å²) >= 11 is 0. The molecule has 3 amide bonds. The third-order valence-corrected chi connectivity index (χ3v) is 9.14. The van der Waals surface area contributed by atoms with E-state index in [-0.39, 0.29) is 40.3 Å². The van der Waals surface area contributed by atoms with Gasteiger partial charge in [0.15, 0.2) is 5.69 Å². The van der Waals surface area contributed by atoms with Crippen LogP contribution in [0.5, 0.6) is 0 Å². The van der Waals surface area contributed by atoms with Crippen LogP contribution in [0.3, 0.4) is 0 Å². The minimum atomic E-state index is -1.11. The molecule has 0 spiro atoms. The summed E-state index contributed by atoms with van der Waals surface area (Å²) in [7, 11) is 1.09. The number of rotatable bonds is 5. The van der Waals surface area contributed by atoms with Gasteiger partial charge in [-0.1, -0.05) is 74.9 Å². The zero-order valence-electron chi connectivity index (χ0n) is 25.0. The fourth-order valence-corrected chi connectivity index (χ4v) is 6.90. The molecule has 2 heterocycles. The number of fused-ring (bicyclic) bond motifs is 1. The molecule has 1 aliphatic heterocycles. The molecule has 0 unspecified atom stereocenters. The van der Waals surface area contributed by atoms with Gasteiger partial charge in [-0.15, -0.1) is 10.2 Å². The van der Waals surface area contributed by atoms with Crippen LogP contribution in [-0.2, 0) is 4.74 Å². The van der Waals surface area contributed by atoms with E-state index >= 15 is 0 Å². The predicted octanol–water partition coefficient (Wildman–Crippen LogP) is 6.77. The molecule has 2 aliphatic carbocycles. The van der Waals surface area contributed by atoms with E-state index < -0.39 is 23.5 Å². The summed E-state index contributed by atoms with van der Waals surface area (Å²) < 4.78 is 7.79. The highest BCUT2D eigenvalue weighted by atomic mass is 16.5. The Morgan fingerprint density at radius 1 is 0.727 bits per heavy atom. The van der Waals surface area contributed by atoms with Crippen molar-refractivity contribution in [3.63, 3.8) is 0 Å². The smallest absolute Gasteiger partial charge is 0.423 e. The summed E-state index contributed by atoms with van der Waals surface area (Å²) in [5.74, 6) is -1.71. The van der Waals surface area contributed by atoms with E-state index in [9.17, 15) is 24.0 Å². The highest BCUT2D eigenvalue weighted by molar-refractivity contribution is 6.30. The second kappa shape index (κ2) is 12.1. The zero-order valence-corrected chi connectivity index (χ0v) is 25.0. The Hall–Kier alpha value is -4.67. The van der Waals surface area contributed by atoms with E-state index in [0.29, 0.717) is 21.7 Å². The second-order valence-corrected chi connectivity index (χ2v) is 11.7. The first-order valence-corrected chi connectivity index (χ1v) is 15.3. The normalized spacial score (nSPS) is 17.8. The topological polar surface area (TPSA) is 132 Å². The fourth-order valence-electron chi connectivity index (χ4n) is 6.90. The van der Waals surface area contributed by atoms with Gasteiger partial charge in [0.25, 0.3) is 17.4 Å². The van der Waals surface area contributed by atoms with Crippen molar-refractivity contribution in [1.82, 2.24) is 14.0 Å². The molecular formula is C33H35N5O6. The Morgan fingerprint density at radius 2 is 1.30 bits per heavy atom. The SMILES string of the molecule is COC(=O)N1C(=O)c2ccc(-c3ccccc3)c(/N=N\c3c(C)n(C4CCCCC4)c(=O)n(C4CCCCC4)c3=O)c2C1=O. The lowest BCUT2D eigenvalue weighted by Crippen LogP contribution is -2.45. The van der Waals surface area contributed by atoms with Crippen LogP contribution in [0, 0.1) is 6.92 Å². The number of nitrogens with zero attached hydrogens (tertiary/aromatic N) is 5. The molecule has 3 aromatic rings. The Bertz CT molecular complexity index is 1780. The first-order chi connectivity index (χ1) is 21.3. The molecule has 0 saturated heterocycles. The molecule has 228 valence electrons. The van der Waals surface area contributed by atoms with E-state index in [2.05, 4.69) is 15.0 Å². The van der Waals surface area contributed by atoms with E-state index in [1.165, 1.54) is 10.6 Å². The molecule has 6 rings (SSSR count). The summed E-state index contributed by atoms with van der Waals surface area (Å²) in [6.07, 6.45) is 8.10. The molecule has 0 atom stereocenters. The number of imide groups is 3. The average molecular weight is 598 g/mol. The number of carbonyl (C=O) groups excluding carboxylic acids is 3. The average Bonchev–Trinajstić information content (AvgIpc) is 3.31. The summed E-state index contributed by atoms with van der Waals surface area (Å²) in [4.78, 5) is 67.4. The van der Waals surface area contributed by atoms with Crippen LogP contribution in [0.2, 0.25) is 0 Å². The maximum absolute atomic E-state index is 14.1. The van der Waals surface area contributed by atoms with Crippen molar-refractivity contribution < 1.29 is 19.1 Å². The molecule has 2 saturated carbocycles. The number of hydrogen-bond acceptors (Lipinski definition) is 8. The Labute approximate surface area is 254 Å². The number of hydrogen-bond donors (Lipinski definition) is 0. The summed E-state index contributed by atoms with van der Waals surface area (Å²) in [6, 6.07) is 12.0. The summed E-state index contributed by atoms with van der Waals surface area (Å²) in [5.41, 5.74) is 0.768. The number of carbonyl (C=O) groups is 3. The van der Waals surface area contributed by atoms with Gasteiger partial charge in [0.05, 0.1) is 23.9 Å². The van der Waals surface area contributed by atoms with Gasteiger partial charge >= 0.3 is 11.8 Å². The lowest BCUT2D eigenvalue weighted by atomic mass is 9.94. The monoisotopic (exact) mass is 597 g/mol. The van der Waals surface area contributed by atoms with Gasteiger partial charge in [0, 0.05) is 17.6 Å². The molecule has 0 radical (unpaired) electrons. The second-order valence-electron chi connectivity index (χ2n) is 11.7. The summed E-state index contributed by atoms with van der Waals surface area (Å²) in [6.45, 7) is 1.72. The molecule has 0 N–H and O–H groups in total. The van der Waals surface area contributed by atoms with Crippen LogP contribution in [0.1, 0.15) is 103 Å². The largest absolute Gasteiger partial charge is 0.452 e. The first-order valence-electron chi connectivity index (χ1n) is 15.3. The van der Waals surface area contributed by atoms with E-state index in [1.54, 1.807) is 17.6 Å². The Morgan fingerprint density at radius 3 is 1.91 bits per heavy atom. The van der Waals surface area contributed by atoms with Crippen molar-refractivity contribution in [2.24, 2.45) is 10.2 Å². The van der Waals surface area contributed by atoms with E-state index in [1.807, 2.05) is 30.3 Å². The molecule has 11 nitrogen and oxygen atoms in total. The number of methoxy groups -OCH3 is 1. The number of aromatic nitrogens is 2. The Balaban J connectivity index is 1.56. The first kappa shape index (κ1) is 29.4. The van der Waals surface area contributed by atoms with Crippen LogP contribution >= 0.6 is 0 Å². The van der Waals surface area contributed by atoms with Crippen molar-refractivity contribution in [1.29, 1.82) is 0 Å². The number of benzene rings is 2. The van der Waals surface area contributed by atoms with Gasteiger partial charge in [-0.3, -0.25) is 23.5 Å². The van der Waals surface area contributed by atoms with Gasteiger partial charge in [0.2, 0.25) is 0 Å². The van der Waals surface area contributed by atoms with Crippen LogP contribution in [0.25, 0.3) is 11.1 Å². The van der Waals surface area contributed by atoms with Gasteiger partial charge in [0.1, 0.15) is 5.69 Å². The predicted molar refractivity (Wildman–Crippen MR) is 163 cm³/mol. The molecule has 44 heavy (non-hydrogen) atoms. The van der Waals surface area contributed by atoms with Crippen LogP contribution in [0.4, 0.5) is 16.2 Å². The zero-order chi connectivity index (χ0) is 31.0. The lowest BCUT2D eigenvalue weighted by molar-refractivity contribution is 0.0622. The van der Waals surface area contributed by atoms with Gasteiger partial charge in [-0.05, 0) is 44.2 Å². The van der Waals surface area contributed by atoms with Crippen LogP contribution < -0.4 is 11.2 Å². The molecule has 2 fully saturated rings. The standard InChI is InChI=1S/C33H35N5O6/c1-20-27(31(41)37(23-16-10-5-11-17-23)32(42)36(20)22-14-8-4-9-15-22)34-35-28-24(21-12-6-3-7-13-21)18-19-25-26(28)30(40)38(29(25)39)33(43)44-2/h3,6-7,12-13,18-19,22-23H,4-5,8-11,14-17H2,1-2H3/b35-34-. The van der Waals surface area contributed by atoms with Crippen molar-refractivity contribution in [3.8, 4) is 11.1 Å². The molecule has 1 aromatic heterocycles. The van der Waals surface area contributed by atoms with Crippen molar-refractivity contribution in [2.75, 3.05) is 7.11 Å². The van der Waals surface area contributed by atoms with Crippen LogP contribution in [-0.4, -0.2) is 39.1 Å². The highest BCUT2D eigenvalue weighted by Crippen LogP contribution is 2.41. The maximum atomic E-state index is 14.1. The minimum Gasteiger partial charge on any atom is -0.452 e. The Kier molecular flexibility index (Phi) is 8.11.